The minimum atomic E-state index is -0.983. The number of aryl methyl sites for hydroxylation is 1. The summed E-state index contributed by atoms with van der Waals surface area (Å²) in [5.74, 6) is -1.11. The first kappa shape index (κ1) is 16.6. The Bertz CT molecular complexity index is 482. The number of nitrogens with one attached hydrogen (secondary N) is 1. The van der Waals surface area contributed by atoms with Crippen molar-refractivity contribution in [3.63, 3.8) is 0 Å². The highest BCUT2D eigenvalue weighted by Crippen LogP contribution is 2.29. The first-order valence-electron chi connectivity index (χ1n) is 6.57. The third kappa shape index (κ3) is 4.56. The maximum atomic E-state index is 12.0. The number of amides is 1. The smallest absolute Gasteiger partial charge is 0.319 e. The van der Waals surface area contributed by atoms with E-state index in [4.69, 9.17) is 5.11 Å². The number of aliphatic carboxylic acids is 1. The number of rotatable bonds is 6. The number of thioether (sulfide) groups is 1. The van der Waals surface area contributed by atoms with Crippen molar-refractivity contribution in [1.82, 2.24) is 0 Å². The molecule has 20 heavy (non-hydrogen) atoms. The maximum absolute atomic E-state index is 12.0. The molecule has 1 rings (SSSR count). The van der Waals surface area contributed by atoms with E-state index in [2.05, 4.69) is 12.2 Å². The summed E-state index contributed by atoms with van der Waals surface area (Å²) in [6, 6.07) is 7.65. The monoisotopic (exact) mass is 295 g/mol. The number of carboxylic acid groups (broad SMARTS) is 1. The topological polar surface area (TPSA) is 66.4 Å². The van der Waals surface area contributed by atoms with Crippen molar-refractivity contribution >= 4 is 29.3 Å². The number of benzene rings is 1. The Kier molecular flexibility index (Phi) is 5.62. The molecule has 0 aromatic heterocycles. The van der Waals surface area contributed by atoms with Crippen LogP contribution in [0.25, 0.3) is 0 Å². The molecule has 0 bridgehead atoms. The molecule has 5 heteroatoms. The van der Waals surface area contributed by atoms with Crippen LogP contribution in [0, 0.1) is 0 Å². The van der Waals surface area contributed by atoms with E-state index in [9.17, 15) is 9.59 Å². The van der Waals surface area contributed by atoms with Gasteiger partial charge in [-0.05, 0) is 44.9 Å². The lowest BCUT2D eigenvalue weighted by atomic mass is 10.1. The van der Waals surface area contributed by atoms with Gasteiger partial charge in [0, 0.05) is 5.69 Å². The molecule has 4 nitrogen and oxygen atoms in total. The molecule has 1 atom stereocenters. The second-order valence-corrected chi connectivity index (χ2v) is 7.08. The molecular formula is C15H21NO3S. The van der Waals surface area contributed by atoms with Crippen molar-refractivity contribution in [3.05, 3.63) is 29.8 Å². The van der Waals surface area contributed by atoms with Gasteiger partial charge in [0.25, 0.3) is 0 Å². The Hall–Kier alpha value is -1.49. The molecule has 1 aromatic rings. The Balaban J connectivity index is 2.63. The van der Waals surface area contributed by atoms with Gasteiger partial charge in [-0.2, -0.15) is 0 Å². The Labute approximate surface area is 124 Å². The molecule has 0 aliphatic rings. The van der Waals surface area contributed by atoms with E-state index in [0.29, 0.717) is 0 Å². The molecule has 0 heterocycles. The van der Waals surface area contributed by atoms with Crippen LogP contribution in [0.1, 0.15) is 33.3 Å². The molecule has 0 aliphatic heterocycles. The lowest BCUT2D eigenvalue weighted by Gasteiger charge is -2.22. The molecule has 1 aromatic carbocycles. The van der Waals surface area contributed by atoms with E-state index >= 15 is 0 Å². The van der Waals surface area contributed by atoms with Crippen LogP contribution in [0.3, 0.4) is 0 Å². The minimum absolute atomic E-state index is 0.187. The number of hydrogen-bond donors (Lipinski definition) is 2. The number of carbonyl (C=O) groups excluding carboxylic acids is 1. The zero-order valence-electron chi connectivity index (χ0n) is 12.3. The molecule has 1 unspecified atom stereocenters. The van der Waals surface area contributed by atoms with Crippen molar-refractivity contribution in [2.45, 2.75) is 44.1 Å². The molecule has 1 amide bonds. The summed E-state index contributed by atoms with van der Waals surface area (Å²) in [4.78, 5) is 23.1. The Morgan fingerprint density at radius 1 is 1.30 bits per heavy atom. The van der Waals surface area contributed by atoms with Gasteiger partial charge in [-0.3, -0.25) is 9.59 Å². The van der Waals surface area contributed by atoms with Crippen molar-refractivity contribution in [3.8, 4) is 0 Å². The van der Waals surface area contributed by atoms with Gasteiger partial charge in [0.1, 0.15) is 4.75 Å². The largest absolute Gasteiger partial charge is 0.480 e. The highest BCUT2D eigenvalue weighted by molar-refractivity contribution is 8.02. The standard InChI is InChI=1S/C15H21NO3S/c1-5-11-6-8-12(9-7-11)16-13(17)10(2)20-15(3,4)14(18)19/h6-10H,5H2,1-4H3,(H,16,17)(H,18,19). The predicted octanol–water partition coefficient (Wildman–Crippen LogP) is 3.17. The van der Waals surface area contributed by atoms with E-state index in [1.54, 1.807) is 20.8 Å². The highest BCUT2D eigenvalue weighted by Gasteiger charge is 2.32. The molecule has 0 radical (unpaired) electrons. The van der Waals surface area contributed by atoms with Crippen molar-refractivity contribution in [2.24, 2.45) is 0 Å². The normalized spacial score (nSPS) is 12.8. The van der Waals surface area contributed by atoms with E-state index in [-0.39, 0.29) is 5.91 Å². The summed E-state index contributed by atoms with van der Waals surface area (Å²) in [5, 5.41) is 11.4. The van der Waals surface area contributed by atoms with Crippen LogP contribution < -0.4 is 5.32 Å². The second kappa shape index (κ2) is 6.79. The number of carboxylic acids is 1. The van der Waals surface area contributed by atoms with Crippen molar-refractivity contribution < 1.29 is 14.7 Å². The summed E-state index contributed by atoms with van der Waals surface area (Å²) in [6.45, 7) is 6.98. The fourth-order valence-corrected chi connectivity index (χ4v) is 2.76. The summed E-state index contributed by atoms with van der Waals surface area (Å²) < 4.78 is -0.983. The number of hydrogen-bond acceptors (Lipinski definition) is 3. The summed E-state index contributed by atoms with van der Waals surface area (Å²) >= 11 is 1.13. The van der Waals surface area contributed by atoms with Crippen molar-refractivity contribution in [1.29, 1.82) is 0 Å². The van der Waals surface area contributed by atoms with Crippen LogP contribution in [0.15, 0.2) is 24.3 Å². The van der Waals surface area contributed by atoms with Gasteiger partial charge in [0.15, 0.2) is 0 Å². The van der Waals surface area contributed by atoms with E-state index in [1.807, 2.05) is 24.3 Å². The van der Waals surface area contributed by atoms with Crippen LogP contribution in [0.5, 0.6) is 0 Å². The average Bonchev–Trinajstić information content (AvgIpc) is 2.38. The zero-order valence-corrected chi connectivity index (χ0v) is 13.1. The maximum Gasteiger partial charge on any atom is 0.319 e. The zero-order chi connectivity index (χ0) is 15.3. The van der Waals surface area contributed by atoms with E-state index in [0.717, 1.165) is 23.9 Å². The molecule has 0 fully saturated rings. The fraction of sp³-hybridized carbons (Fsp3) is 0.467. The molecule has 0 aliphatic carbocycles. The quantitative estimate of drug-likeness (QED) is 0.846. The number of anilines is 1. The summed E-state index contributed by atoms with van der Waals surface area (Å²) in [5.41, 5.74) is 1.94. The first-order chi connectivity index (χ1) is 9.26. The average molecular weight is 295 g/mol. The van der Waals surface area contributed by atoms with Crippen molar-refractivity contribution in [2.75, 3.05) is 5.32 Å². The molecule has 0 saturated heterocycles. The van der Waals surface area contributed by atoms with Gasteiger partial charge in [-0.15, -0.1) is 11.8 Å². The third-order valence-electron chi connectivity index (χ3n) is 2.99. The molecule has 0 saturated carbocycles. The van der Waals surface area contributed by atoms with E-state index in [1.165, 1.54) is 5.56 Å². The fourth-order valence-electron chi connectivity index (χ4n) is 1.61. The van der Waals surface area contributed by atoms with Gasteiger partial charge < -0.3 is 10.4 Å². The van der Waals surface area contributed by atoms with Crippen LogP contribution in [0.2, 0.25) is 0 Å². The van der Waals surface area contributed by atoms with Gasteiger partial charge in [-0.1, -0.05) is 19.1 Å². The van der Waals surface area contributed by atoms with Crippen LogP contribution >= 0.6 is 11.8 Å². The van der Waals surface area contributed by atoms with Crippen LogP contribution in [0.4, 0.5) is 5.69 Å². The highest BCUT2D eigenvalue weighted by atomic mass is 32.2. The second-order valence-electron chi connectivity index (χ2n) is 5.12. The lowest BCUT2D eigenvalue weighted by Crippen LogP contribution is -2.33. The Morgan fingerprint density at radius 3 is 2.30 bits per heavy atom. The Morgan fingerprint density at radius 2 is 1.85 bits per heavy atom. The first-order valence-corrected chi connectivity index (χ1v) is 7.45. The van der Waals surface area contributed by atoms with Crippen LogP contribution in [-0.4, -0.2) is 27.0 Å². The predicted molar refractivity (Wildman–Crippen MR) is 83.2 cm³/mol. The van der Waals surface area contributed by atoms with E-state index < -0.39 is 16.0 Å². The van der Waals surface area contributed by atoms with Gasteiger partial charge in [0.2, 0.25) is 5.91 Å². The number of carbonyl (C=O) groups is 2. The summed E-state index contributed by atoms with van der Waals surface area (Å²) in [6.07, 6.45) is 0.952. The van der Waals surface area contributed by atoms with Gasteiger partial charge in [-0.25, -0.2) is 0 Å². The summed E-state index contributed by atoms with van der Waals surface area (Å²) in [7, 11) is 0. The molecule has 110 valence electrons. The lowest BCUT2D eigenvalue weighted by molar-refractivity contribution is -0.138. The van der Waals surface area contributed by atoms with Gasteiger partial charge in [0.05, 0.1) is 5.25 Å². The third-order valence-corrected chi connectivity index (χ3v) is 4.32. The molecule has 0 spiro atoms. The molecular weight excluding hydrogens is 274 g/mol. The SMILES string of the molecule is CCc1ccc(NC(=O)C(C)SC(C)(C)C(=O)O)cc1. The molecule has 2 N–H and O–H groups in total. The van der Waals surface area contributed by atoms with Gasteiger partial charge >= 0.3 is 5.97 Å². The van der Waals surface area contributed by atoms with Crippen LogP contribution in [-0.2, 0) is 16.0 Å². The minimum Gasteiger partial charge on any atom is -0.480 e.